The summed E-state index contributed by atoms with van der Waals surface area (Å²) in [5, 5.41) is 3.00. The van der Waals surface area contributed by atoms with Crippen molar-refractivity contribution in [2.24, 2.45) is 5.73 Å². The molecule has 0 aromatic carbocycles. The third-order valence-electron chi connectivity index (χ3n) is 3.62. The Morgan fingerprint density at radius 1 is 1.29 bits per heavy atom. The number of rotatable bonds is 6. The molecule has 0 aromatic heterocycles. The van der Waals surface area contributed by atoms with Crippen molar-refractivity contribution in [1.82, 2.24) is 15.1 Å². The molecular formula is C15H30N4OS. The van der Waals surface area contributed by atoms with E-state index in [0.717, 1.165) is 39.0 Å². The van der Waals surface area contributed by atoms with Crippen LogP contribution in [-0.2, 0) is 4.79 Å². The van der Waals surface area contributed by atoms with Crippen LogP contribution in [0.5, 0.6) is 0 Å². The molecule has 0 saturated carbocycles. The second-order valence-electron chi connectivity index (χ2n) is 6.82. The fourth-order valence-corrected chi connectivity index (χ4v) is 2.94. The minimum Gasteiger partial charge on any atom is -0.392 e. The zero-order chi connectivity index (χ0) is 16.0. The summed E-state index contributed by atoms with van der Waals surface area (Å²) < 4.78 is 0. The SMILES string of the molecule is CCCC(C(N)=S)N1CCN(CC(=O)NC(C)(C)C)CC1. The molecule has 1 aliphatic rings. The highest BCUT2D eigenvalue weighted by atomic mass is 32.1. The van der Waals surface area contributed by atoms with Gasteiger partial charge in [-0.2, -0.15) is 0 Å². The first-order valence-corrected chi connectivity index (χ1v) is 8.20. The standard InChI is InChI=1S/C15H30N4OS/c1-5-6-12(14(16)21)19-9-7-18(8-10-19)11-13(20)17-15(2,3)4/h12H,5-11H2,1-4H3,(H2,16,21)(H,17,20). The van der Waals surface area contributed by atoms with E-state index < -0.39 is 0 Å². The highest BCUT2D eigenvalue weighted by Crippen LogP contribution is 2.11. The van der Waals surface area contributed by atoms with Gasteiger partial charge in [0.25, 0.3) is 0 Å². The topological polar surface area (TPSA) is 61.6 Å². The molecule has 1 aliphatic heterocycles. The van der Waals surface area contributed by atoms with Crippen LogP contribution in [0.3, 0.4) is 0 Å². The lowest BCUT2D eigenvalue weighted by Crippen LogP contribution is -2.55. The summed E-state index contributed by atoms with van der Waals surface area (Å²) >= 11 is 5.18. The number of piperazine rings is 1. The van der Waals surface area contributed by atoms with E-state index >= 15 is 0 Å². The second-order valence-corrected chi connectivity index (χ2v) is 7.29. The zero-order valence-electron chi connectivity index (χ0n) is 13.8. The van der Waals surface area contributed by atoms with Gasteiger partial charge in [-0.3, -0.25) is 14.6 Å². The summed E-state index contributed by atoms with van der Waals surface area (Å²) in [6.07, 6.45) is 2.09. The number of nitrogens with one attached hydrogen (secondary N) is 1. The van der Waals surface area contributed by atoms with Gasteiger partial charge in [0.05, 0.1) is 17.6 Å². The molecule has 122 valence electrons. The van der Waals surface area contributed by atoms with Crippen LogP contribution < -0.4 is 11.1 Å². The summed E-state index contributed by atoms with van der Waals surface area (Å²) in [6, 6.07) is 0.204. The van der Waals surface area contributed by atoms with Crippen LogP contribution in [0.25, 0.3) is 0 Å². The van der Waals surface area contributed by atoms with Gasteiger partial charge in [0.15, 0.2) is 0 Å². The summed E-state index contributed by atoms with van der Waals surface area (Å²) in [5.41, 5.74) is 5.68. The Labute approximate surface area is 134 Å². The lowest BCUT2D eigenvalue weighted by molar-refractivity contribution is -0.124. The van der Waals surface area contributed by atoms with Gasteiger partial charge in [0.2, 0.25) is 5.91 Å². The number of nitrogens with zero attached hydrogens (tertiary/aromatic N) is 2. The molecule has 1 saturated heterocycles. The third kappa shape index (κ3) is 6.72. The molecule has 1 rings (SSSR count). The first-order valence-electron chi connectivity index (χ1n) is 7.79. The van der Waals surface area contributed by atoms with Gasteiger partial charge in [-0.1, -0.05) is 25.6 Å². The molecule has 0 aliphatic carbocycles. The highest BCUT2D eigenvalue weighted by Gasteiger charge is 2.26. The maximum atomic E-state index is 11.9. The van der Waals surface area contributed by atoms with Crippen LogP contribution in [-0.4, -0.2) is 65.0 Å². The molecule has 3 N–H and O–H groups in total. The zero-order valence-corrected chi connectivity index (χ0v) is 14.6. The Morgan fingerprint density at radius 2 is 1.86 bits per heavy atom. The number of amides is 1. The highest BCUT2D eigenvalue weighted by molar-refractivity contribution is 7.80. The molecule has 21 heavy (non-hydrogen) atoms. The Bertz CT molecular complexity index is 359. The lowest BCUT2D eigenvalue weighted by atomic mass is 10.1. The molecule has 0 bridgehead atoms. The summed E-state index contributed by atoms with van der Waals surface area (Å²) in [5.74, 6) is 0.0930. The van der Waals surface area contributed by atoms with Gasteiger partial charge >= 0.3 is 0 Å². The van der Waals surface area contributed by atoms with Crippen molar-refractivity contribution >= 4 is 23.1 Å². The van der Waals surface area contributed by atoms with Crippen LogP contribution in [0, 0.1) is 0 Å². The molecule has 5 nitrogen and oxygen atoms in total. The van der Waals surface area contributed by atoms with Crippen molar-refractivity contribution in [2.75, 3.05) is 32.7 Å². The molecule has 1 unspecified atom stereocenters. The molecule has 1 fully saturated rings. The normalized spacial score (nSPS) is 19.2. The van der Waals surface area contributed by atoms with E-state index in [2.05, 4.69) is 22.0 Å². The van der Waals surface area contributed by atoms with E-state index in [9.17, 15) is 4.79 Å². The number of carbonyl (C=O) groups excluding carboxylic acids is 1. The van der Waals surface area contributed by atoms with Crippen LogP contribution in [0.1, 0.15) is 40.5 Å². The third-order valence-corrected chi connectivity index (χ3v) is 3.89. The monoisotopic (exact) mass is 314 g/mol. The van der Waals surface area contributed by atoms with E-state index in [-0.39, 0.29) is 17.5 Å². The fraction of sp³-hybridized carbons (Fsp3) is 0.867. The molecule has 0 radical (unpaired) electrons. The summed E-state index contributed by atoms with van der Waals surface area (Å²) in [4.78, 5) is 17.1. The minimum absolute atomic E-state index is 0.0930. The molecule has 0 spiro atoms. The first-order chi connectivity index (χ1) is 9.73. The van der Waals surface area contributed by atoms with Crippen molar-refractivity contribution in [2.45, 2.75) is 52.1 Å². The molecule has 1 atom stereocenters. The Balaban J connectivity index is 2.41. The maximum absolute atomic E-state index is 11.9. The molecular weight excluding hydrogens is 284 g/mol. The van der Waals surface area contributed by atoms with Gasteiger partial charge in [0, 0.05) is 31.7 Å². The minimum atomic E-state index is -0.170. The van der Waals surface area contributed by atoms with Crippen LogP contribution >= 0.6 is 12.2 Å². The average molecular weight is 314 g/mol. The molecule has 0 aromatic rings. The predicted octanol–water partition coefficient (Wildman–Crippen LogP) is 0.974. The Hall–Kier alpha value is -0.720. The van der Waals surface area contributed by atoms with Crippen molar-refractivity contribution in [3.8, 4) is 0 Å². The van der Waals surface area contributed by atoms with Gasteiger partial charge in [-0.15, -0.1) is 0 Å². The number of thiocarbonyl (C=S) groups is 1. The largest absolute Gasteiger partial charge is 0.392 e. The van der Waals surface area contributed by atoms with Crippen molar-refractivity contribution in [3.63, 3.8) is 0 Å². The molecule has 1 heterocycles. The molecule has 6 heteroatoms. The van der Waals surface area contributed by atoms with E-state index in [1.165, 1.54) is 0 Å². The molecule has 1 amide bonds. The number of carbonyl (C=O) groups is 1. The predicted molar refractivity (Wildman–Crippen MR) is 91.4 cm³/mol. The second kappa shape index (κ2) is 8.06. The van der Waals surface area contributed by atoms with Gasteiger partial charge < -0.3 is 11.1 Å². The summed E-state index contributed by atoms with van der Waals surface area (Å²) in [6.45, 7) is 12.2. The maximum Gasteiger partial charge on any atom is 0.234 e. The average Bonchev–Trinajstić information content (AvgIpc) is 2.34. The van der Waals surface area contributed by atoms with Crippen molar-refractivity contribution in [3.05, 3.63) is 0 Å². The smallest absolute Gasteiger partial charge is 0.234 e. The number of nitrogens with two attached hydrogens (primary N) is 1. The summed E-state index contributed by atoms with van der Waals surface area (Å²) in [7, 11) is 0. The van der Waals surface area contributed by atoms with E-state index in [1.807, 2.05) is 20.8 Å². The number of hydrogen-bond acceptors (Lipinski definition) is 4. The lowest BCUT2D eigenvalue weighted by Gasteiger charge is -2.38. The van der Waals surface area contributed by atoms with Gasteiger partial charge in [-0.25, -0.2) is 0 Å². The first kappa shape index (κ1) is 18.3. The van der Waals surface area contributed by atoms with Crippen LogP contribution in [0.4, 0.5) is 0 Å². The van der Waals surface area contributed by atoms with Gasteiger partial charge in [-0.05, 0) is 27.2 Å². The van der Waals surface area contributed by atoms with E-state index in [4.69, 9.17) is 18.0 Å². The van der Waals surface area contributed by atoms with Gasteiger partial charge in [0.1, 0.15) is 0 Å². The Morgan fingerprint density at radius 3 is 2.29 bits per heavy atom. The van der Waals surface area contributed by atoms with E-state index in [0.29, 0.717) is 11.5 Å². The quantitative estimate of drug-likeness (QED) is 0.716. The van der Waals surface area contributed by atoms with Crippen LogP contribution in [0.2, 0.25) is 0 Å². The van der Waals surface area contributed by atoms with Crippen LogP contribution in [0.15, 0.2) is 0 Å². The van der Waals surface area contributed by atoms with Crippen molar-refractivity contribution < 1.29 is 4.79 Å². The Kier molecular flexibility index (Phi) is 7.03. The van der Waals surface area contributed by atoms with E-state index in [1.54, 1.807) is 0 Å². The number of hydrogen-bond donors (Lipinski definition) is 2. The van der Waals surface area contributed by atoms with Crippen molar-refractivity contribution in [1.29, 1.82) is 0 Å². The fourth-order valence-electron chi connectivity index (χ4n) is 2.67.